The average Bonchev–Trinajstić information content (AvgIpc) is 3.37. The summed E-state index contributed by atoms with van der Waals surface area (Å²) in [4.78, 5) is 0. The third-order valence-corrected chi connectivity index (χ3v) is 0. The Balaban J connectivity index is -0.00000000360. The van der Waals surface area contributed by atoms with Gasteiger partial charge in [-0.3, -0.25) is 0 Å². The molecule has 164 valence electrons. The quantitative estimate of drug-likeness (QED) is 0.323. The first-order chi connectivity index (χ1) is 25.0. The minimum Gasteiger partial charge on any atom is -0.0776 e. The van der Waals surface area contributed by atoms with Crippen molar-refractivity contribution < 1.29 is 0 Å². The van der Waals surface area contributed by atoms with Gasteiger partial charge in [-0.1, -0.05) is 59.4 Å². The molecule has 0 unspecified atom stereocenters. The van der Waals surface area contributed by atoms with Crippen LogP contribution in [0.1, 0.15) is 59.4 Å². The van der Waals surface area contributed by atoms with Crippen LogP contribution < -0.4 is 0 Å². The third-order valence-electron chi connectivity index (χ3n) is 0. The van der Waals surface area contributed by atoms with Gasteiger partial charge in [0, 0.05) is 209 Å². The summed E-state index contributed by atoms with van der Waals surface area (Å²) in [6, 6.07) is 0. The van der Waals surface area contributed by atoms with Gasteiger partial charge in [0.1, 0.15) is 0 Å². The molecule has 50 radical (unpaired) electrons. The number of rotatable bonds is 0. The second-order valence-corrected chi connectivity index (χ2v) is 0. The van der Waals surface area contributed by atoms with Gasteiger partial charge in [-0.15, -0.1) is 0 Å². The predicted molar refractivity (Wildman–Crippen MR) is 233 cm³/mol. The fourth-order valence-corrected chi connectivity index (χ4v) is 0. The lowest BCUT2D eigenvalue weighted by Gasteiger charge is -0.0786. The molecule has 0 aliphatic carbocycles. The van der Waals surface area contributed by atoms with E-state index in [1.165, 1.54) is 0 Å². The minimum absolute atomic E-state index is 0. The Morgan fingerprint density at radius 1 is 0.121 bits per heavy atom. The van der Waals surface area contributed by atoms with E-state index in [1.807, 2.05) is 0 Å². The standard InChI is InChI=1S/8CH4.25BH/h8*1H4;25*1H/i;;;;;;;;25*1D. The van der Waals surface area contributed by atoms with Crippen LogP contribution in [-0.2, 0) is 0 Å². The zero-order valence-electron chi connectivity index (χ0n) is 39.4. The van der Waals surface area contributed by atoms with Crippen LogP contribution in [0.4, 0.5) is 0 Å². The molecular weight excluding hydrogens is 366 g/mol. The van der Waals surface area contributed by atoms with E-state index >= 15 is 0 Å². The fraction of sp³-hybridized carbons (Fsp3) is 1.00. The van der Waals surface area contributed by atoms with E-state index in [0.29, 0.717) is 0 Å². The van der Waals surface area contributed by atoms with Crippen molar-refractivity contribution >= 4 is 209 Å². The van der Waals surface area contributed by atoms with Gasteiger partial charge in [0.25, 0.3) is 0 Å². The molecule has 33 heavy (non-hydrogen) atoms. The van der Waals surface area contributed by atoms with Crippen molar-refractivity contribution in [1.82, 2.24) is 0 Å². The molecule has 0 spiro atoms. The van der Waals surface area contributed by atoms with Crippen molar-refractivity contribution in [2.24, 2.45) is 0 Å². The molecule has 0 atom stereocenters. The molecule has 0 nitrogen and oxygen atoms in total. The summed E-state index contributed by atoms with van der Waals surface area (Å²) in [5.74, 6) is 0. The van der Waals surface area contributed by atoms with Crippen molar-refractivity contribution in [2.45, 2.75) is 59.4 Å². The largest absolute Gasteiger partial charge is 0.0776 e. The van der Waals surface area contributed by atoms with Crippen LogP contribution in [-0.4, -0.2) is 243 Å². The van der Waals surface area contributed by atoms with E-state index in [2.05, 4.69) is 209 Å². The summed E-state index contributed by atoms with van der Waals surface area (Å²) in [6.07, 6.45) is 0. The van der Waals surface area contributed by atoms with E-state index in [4.69, 9.17) is 33.4 Å². The molecule has 0 heterocycles. The van der Waals surface area contributed by atoms with Crippen LogP contribution in [0.15, 0.2) is 0 Å². The first-order valence-corrected chi connectivity index (χ1v) is 0. The Hall–Kier alpha value is 1.62. The smallest absolute Gasteiger partial charge is 0.0379 e. The second kappa shape index (κ2) is 13600. The molecule has 0 saturated heterocycles. The highest BCUT2D eigenvalue weighted by atomic mass is 12.0. The summed E-state index contributed by atoms with van der Waals surface area (Å²) >= 11 is 0. The van der Waals surface area contributed by atoms with Crippen molar-refractivity contribution in [3.05, 3.63) is 0 Å². The van der Waals surface area contributed by atoms with Crippen molar-refractivity contribution in [2.75, 3.05) is 0 Å². The molecule has 0 amide bonds. The SMILES string of the molecule is C.C.C.C.C.C.C.C.[2H][B].[2H][B].[2H][B].[2H][B].[2H][B].[2H][B].[2H][B].[2H][B].[2H][B].[2H][B].[2H][B].[2H][B].[2H][B].[2H][B].[2H][B].[2H][B].[2H][B].[2H][B].[2H][B].[2H][B].[2H][B].[2H][B].[2H][B].[2H][B].[2H][B]. The van der Waals surface area contributed by atoms with Gasteiger partial charge in [-0.05, 0) is 33.4 Å². The second-order valence-electron chi connectivity index (χ2n) is 0. The molecular formula is C8H57B25. The molecule has 0 fully saturated rings. The van der Waals surface area contributed by atoms with E-state index in [9.17, 15) is 0 Å². The third kappa shape index (κ3) is 12800. The van der Waals surface area contributed by atoms with Crippen molar-refractivity contribution in [3.8, 4) is 0 Å². The molecule has 0 aliphatic rings. The van der Waals surface area contributed by atoms with Crippen LogP contribution >= 0.6 is 0 Å². The Morgan fingerprint density at radius 3 is 0.121 bits per heavy atom. The van der Waals surface area contributed by atoms with E-state index in [1.54, 1.807) is 0 Å². The lowest BCUT2D eigenvalue weighted by molar-refractivity contribution is 2.50. The van der Waals surface area contributed by atoms with Gasteiger partial charge in [0.05, 0.1) is 0 Å². The predicted octanol–water partition coefficient (Wildman–Crippen LogP) is -11.1. The topological polar surface area (TPSA) is 0 Å². The molecule has 25 heteroatoms. The summed E-state index contributed by atoms with van der Waals surface area (Å²) in [6.45, 7) is 0. The summed E-state index contributed by atoms with van der Waals surface area (Å²) in [5, 5.41) is 0. The van der Waals surface area contributed by atoms with Crippen molar-refractivity contribution in [3.63, 3.8) is 0 Å². The average molecular weight is 449 g/mol. The van der Waals surface area contributed by atoms with E-state index < -0.39 is 0 Å². The lowest BCUT2D eigenvalue weighted by atomic mass is 10.8. The highest BCUT2D eigenvalue weighted by Gasteiger charge is 0.0634. The summed E-state index contributed by atoms with van der Waals surface area (Å²) < 4.78 is 131. The normalized spacial score (nSPS) is 4.55. The van der Waals surface area contributed by atoms with E-state index in [-0.39, 0.29) is 59.4 Å². The maximum absolute atomic E-state index is 5.25. The molecule has 0 N–H and O–H groups in total. The van der Waals surface area contributed by atoms with Gasteiger partial charge in [0.2, 0.25) is 0 Å². The zero-order valence-corrected chi connectivity index (χ0v) is 14.4. The minimum atomic E-state index is 0. The highest BCUT2D eigenvalue weighted by molar-refractivity contribution is 5.78. The maximum Gasteiger partial charge on any atom is 0.0379 e. The fourth-order valence-electron chi connectivity index (χ4n) is 0. The van der Waals surface area contributed by atoms with Gasteiger partial charge >= 0.3 is 0 Å². The molecule has 0 saturated carbocycles. The monoisotopic (exact) mass is 454 g/mol. The molecule has 0 aromatic rings. The Morgan fingerprint density at radius 2 is 0.121 bits per heavy atom. The van der Waals surface area contributed by atoms with Gasteiger partial charge in [-0.25, -0.2) is 0 Å². The van der Waals surface area contributed by atoms with Crippen LogP contribution in [0.5, 0.6) is 0 Å². The van der Waals surface area contributed by atoms with Gasteiger partial charge in [-0.2, -0.15) is 0 Å². The number of hydrogen-bond acceptors (Lipinski definition) is 0. The Bertz CT molecular complexity index is 83.6. The zero-order chi connectivity index (χ0) is 50.0. The number of hydrogen-bond donors (Lipinski definition) is 0. The van der Waals surface area contributed by atoms with E-state index in [0.717, 1.165) is 0 Å². The molecule has 0 aliphatic heterocycles. The Kier molecular flexibility index (Phi) is 22700. The maximum atomic E-state index is 5.25. The molecule has 0 bridgehead atoms. The highest BCUT2D eigenvalue weighted by Crippen LogP contribution is 0.151. The van der Waals surface area contributed by atoms with Crippen LogP contribution in [0.2, 0.25) is 0 Å². The summed E-state index contributed by atoms with van der Waals surface area (Å²) in [5.41, 5.74) is 0. The first kappa shape index (κ1) is 55.2. The molecule has 0 aromatic heterocycles. The summed E-state index contributed by atoms with van der Waals surface area (Å²) in [7, 11) is 93.8. The molecule has 0 rings (SSSR count). The van der Waals surface area contributed by atoms with Gasteiger partial charge in [0.15, 0.2) is 0 Å². The van der Waals surface area contributed by atoms with Crippen LogP contribution in [0.3, 0.4) is 0 Å². The van der Waals surface area contributed by atoms with Gasteiger partial charge < -0.3 is 0 Å². The Labute approximate surface area is 302 Å². The first-order valence-electron chi connectivity index (χ1n) is 14.4. The van der Waals surface area contributed by atoms with Crippen molar-refractivity contribution in [1.29, 1.82) is 33.4 Å². The molecule has 0 aromatic carbocycles. The van der Waals surface area contributed by atoms with Crippen LogP contribution in [0.25, 0.3) is 0 Å². The lowest BCUT2D eigenvalue weighted by Crippen LogP contribution is -0.382. The van der Waals surface area contributed by atoms with Crippen LogP contribution in [0, 0.1) is 0 Å².